The van der Waals surface area contributed by atoms with E-state index >= 15 is 0 Å². The quantitative estimate of drug-likeness (QED) is 0.521. The molecule has 6 rings (SSSR count). The highest BCUT2D eigenvalue weighted by molar-refractivity contribution is 5.33. The number of hydrogen-bond acceptors (Lipinski definition) is 3. The average molecular weight is 410 g/mol. The van der Waals surface area contributed by atoms with E-state index in [9.17, 15) is 0 Å². The van der Waals surface area contributed by atoms with E-state index in [1.54, 1.807) is 6.33 Å². The Hall–Kier alpha value is -1.16. The smallest absolute Gasteiger partial charge is 0.157 e. The highest BCUT2D eigenvalue weighted by Gasteiger charge is 2.66. The largest absolute Gasteiger partial charge is 0.355 e. The third-order valence-electron chi connectivity index (χ3n) is 11.1. The lowest BCUT2D eigenvalue weighted by molar-refractivity contribution is -0.247. The molecule has 1 aliphatic heterocycles. The van der Waals surface area contributed by atoms with E-state index in [1.165, 1.54) is 57.8 Å². The molecule has 1 saturated heterocycles. The Kier molecular flexibility index (Phi) is 4.04. The Bertz CT molecular complexity index is 864. The summed E-state index contributed by atoms with van der Waals surface area (Å²) in [6.45, 7) is 11.1. The molecule has 1 aromatic rings. The van der Waals surface area contributed by atoms with Crippen molar-refractivity contribution in [2.24, 2.45) is 39.4 Å². The number of aromatic nitrogens is 3. The summed E-state index contributed by atoms with van der Waals surface area (Å²) in [4.78, 5) is 4.23. The molecule has 8 unspecified atom stereocenters. The minimum atomic E-state index is 0.0375. The zero-order valence-electron chi connectivity index (χ0n) is 19.4. The molecule has 0 amide bonds. The van der Waals surface area contributed by atoms with Gasteiger partial charge in [0.05, 0.1) is 6.61 Å². The summed E-state index contributed by atoms with van der Waals surface area (Å²) in [5.41, 5.74) is 3.16. The van der Waals surface area contributed by atoms with Gasteiger partial charge in [0.25, 0.3) is 0 Å². The van der Waals surface area contributed by atoms with Crippen LogP contribution in [-0.2, 0) is 4.74 Å². The van der Waals surface area contributed by atoms with Gasteiger partial charge in [0.15, 0.2) is 6.23 Å². The Balaban J connectivity index is 1.42. The van der Waals surface area contributed by atoms with Crippen LogP contribution in [0.5, 0.6) is 0 Å². The number of allylic oxidation sites excluding steroid dienone is 1. The van der Waals surface area contributed by atoms with Gasteiger partial charge in [-0.2, -0.15) is 5.10 Å². The van der Waals surface area contributed by atoms with Crippen LogP contribution in [0.4, 0.5) is 0 Å². The van der Waals surface area contributed by atoms with Crippen molar-refractivity contribution in [1.82, 2.24) is 14.8 Å². The maximum absolute atomic E-state index is 6.73. The normalized spacial score (nSPS) is 52.6. The van der Waals surface area contributed by atoms with Crippen molar-refractivity contribution in [1.29, 1.82) is 0 Å². The summed E-state index contributed by atoms with van der Waals surface area (Å²) >= 11 is 0. The van der Waals surface area contributed by atoms with Gasteiger partial charge in [-0.15, -0.1) is 0 Å². The summed E-state index contributed by atoms with van der Waals surface area (Å²) in [7, 11) is 0. The zero-order valence-corrected chi connectivity index (χ0v) is 19.4. The van der Waals surface area contributed by atoms with Gasteiger partial charge in [0.2, 0.25) is 0 Å². The minimum absolute atomic E-state index is 0.0375. The summed E-state index contributed by atoms with van der Waals surface area (Å²) in [6, 6.07) is 0. The molecule has 30 heavy (non-hydrogen) atoms. The van der Waals surface area contributed by atoms with Crippen LogP contribution < -0.4 is 0 Å². The van der Waals surface area contributed by atoms with Gasteiger partial charge in [0.1, 0.15) is 12.7 Å². The highest BCUT2D eigenvalue weighted by atomic mass is 16.5. The second-order valence-electron chi connectivity index (χ2n) is 12.4. The molecular weight excluding hydrogens is 370 g/mol. The van der Waals surface area contributed by atoms with Crippen molar-refractivity contribution >= 4 is 0 Å². The molecule has 0 spiro atoms. The average Bonchev–Trinajstić information content (AvgIpc) is 3.23. The van der Waals surface area contributed by atoms with E-state index in [-0.39, 0.29) is 17.1 Å². The first-order chi connectivity index (χ1) is 14.3. The number of hydrogen-bond donors (Lipinski definition) is 0. The van der Waals surface area contributed by atoms with E-state index in [0.29, 0.717) is 16.7 Å². The standard InChI is InChI=1S/C26H39N3O/c1-18-8-13-25(4)19-6-7-21-24(3)10-5-11-26(21,20(19)9-12-23(25,2)14-18)15-30-22(24)29-17-27-16-28-29/h9,16-19,21-22H,5-8,10-15H2,1-4H3. The molecule has 4 fully saturated rings. The fraction of sp³-hybridized carbons (Fsp3) is 0.846. The van der Waals surface area contributed by atoms with Crippen molar-refractivity contribution in [3.05, 3.63) is 24.3 Å². The Morgan fingerprint density at radius 1 is 1.10 bits per heavy atom. The molecule has 2 heterocycles. The van der Waals surface area contributed by atoms with Crippen LogP contribution in [0.1, 0.15) is 91.7 Å². The first-order valence-electron chi connectivity index (χ1n) is 12.5. The van der Waals surface area contributed by atoms with Crippen LogP contribution >= 0.6 is 0 Å². The second kappa shape index (κ2) is 6.21. The molecule has 0 radical (unpaired) electrons. The topological polar surface area (TPSA) is 39.9 Å². The second-order valence-corrected chi connectivity index (χ2v) is 12.4. The SMILES string of the molecule is CC1CCC2(C)C3CCC4C5(CCCC4(C)C(n4cncn4)OC5)C3=CCC2(C)C1. The first kappa shape index (κ1) is 19.5. The molecule has 5 aliphatic rings. The van der Waals surface area contributed by atoms with Gasteiger partial charge in [-0.25, -0.2) is 9.67 Å². The van der Waals surface area contributed by atoms with Crippen molar-refractivity contribution in [3.63, 3.8) is 0 Å². The zero-order chi connectivity index (χ0) is 20.8. The fourth-order valence-corrected chi connectivity index (χ4v) is 9.44. The molecule has 1 aromatic heterocycles. The summed E-state index contributed by atoms with van der Waals surface area (Å²) in [5, 5.41) is 4.50. The summed E-state index contributed by atoms with van der Waals surface area (Å²) < 4.78 is 8.73. The molecule has 4 aliphatic carbocycles. The van der Waals surface area contributed by atoms with Crippen molar-refractivity contribution in [3.8, 4) is 0 Å². The molecule has 0 aromatic carbocycles. The lowest BCUT2D eigenvalue weighted by Crippen LogP contribution is -2.63. The van der Waals surface area contributed by atoms with E-state index in [0.717, 1.165) is 18.4 Å². The summed E-state index contributed by atoms with van der Waals surface area (Å²) in [5.74, 6) is 2.35. The molecule has 164 valence electrons. The van der Waals surface area contributed by atoms with Gasteiger partial charge < -0.3 is 4.74 Å². The van der Waals surface area contributed by atoms with Crippen molar-refractivity contribution in [2.45, 2.75) is 91.7 Å². The molecule has 3 saturated carbocycles. The van der Waals surface area contributed by atoms with Crippen LogP contribution in [0.3, 0.4) is 0 Å². The van der Waals surface area contributed by atoms with Gasteiger partial charge in [-0.3, -0.25) is 0 Å². The number of ether oxygens (including phenoxy) is 1. The van der Waals surface area contributed by atoms with E-state index < -0.39 is 0 Å². The maximum atomic E-state index is 6.73. The van der Waals surface area contributed by atoms with Crippen LogP contribution in [0, 0.1) is 39.4 Å². The third kappa shape index (κ3) is 2.27. The van der Waals surface area contributed by atoms with Crippen LogP contribution in [-0.4, -0.2) is 21.4 Å². The van der Waals surface area contributed by atoms with Crippen LogP contribution in [0.15, 0.2) is 24.3 Å². The van der Waals surface area contributed by atoms with Gasteiger partial charge in [-0.1, -0.05) is 52.2 Å². The minimum Gasteiger partial charge on any atom is -0.355 e. The Labute approximate surface area is 181 Å². The third-order valence-corrected chi connectivity index (χ3v) is 11.1. The van der Waals surface area contributed by atoms with E-state index in [4.69, 9.17) is 4.74 Å². The van der Waals surface area contributed by atoms with Crippen molar-refractivity contribution in [2.75, 3.05) is 6.61 Å². The monoisotopic (exact) mass is 409 g/mol. The van der Waals surface area contributed by atoms with Gasteiger partial charge in [0, 0.05) is 10.8 Å². The molecule has 2 bridgehead atoms. The predicted molar refractivity (Wildman–Crippen MR) is 118 cm³/mol. The number of fused-ring (bicyclic) bond motifs is 3. The van der Waals surface area contributed by atoms with Gasteiger partial charge >= 0.3 is 0 Å². The lowest BCUT2D eigenvalue weighted by Gasteiger charge is -2.68. The number of rotatable bonds is 1. The highest BCUT2D eigenvalue weighted by Crippen LogP contribution is 2.73. The molecule has 4 nitrogen and oxygen atoms in total. The molecular formula is C26H39N3O. The number of nitrogens with zero attached hydrogens (tertiary/aromatic N) is 3. The maximum Gasteiger partial charge on any atom is 0.157 e. The van der Waals surface area contributed by atoms with E-state index in [1.807, 2.05) is 16.6 Å². The Morgan fingerprint density at radius 3 is 2.77 bits per heavy atom. The molecule has 8 atom stereocenters. The van der Waals surface area contributed by atoms with Gasteiger partial charge in [-0.05, 0) is 73.5 Å². The first-order valence-corrected chi connectivity index (χ1v) is 12.5. The van der Waals surface area contributed by atoms with Crippen molar-refractivity contribution < 1.29 is 4.74 Å². The van der Waals surface area contributed by atoms with Crippen LogP contribution in [0.2, 0.25) is 0 Å². The Morgan fingerprint density at radius 2 is 1.97 bits per heavy atom. The fourth-order valence-electron chi connectivity index (χ4n) is 9.44. The predicted octanol–water partition coefficient (Wildman–Crippen LogP) is 6.17. The summed E-state index contributed by atoms with van der Waals surface area (Å²) in [6.07, 6.45) is 18.4. The molecule has 4 heteroatoms. The van der Waals surface area contributed by atoms with E-state index in [2.05, 4.69) is 43.9 Å². The lowest BCUT2D eigenvalue weighted by atomic mass is 9.38. The molecule has 0 N–H and O–H groups in total. The van der Waals surface area contributed by atoms with Crippen LogP contribution in [0.25, 0.3) is 0 Å².